The number of carbonyl (C=O) groups is 3. The van der Waals surface area contributed by atoms with Crippen molar-refractivity contribution < 1.29 is 23.5 Å². The van der Waals surface area contributed by atoms with E-state index in [1.54, 1.807) is 12.1 Å². The fourth-order valence-corrected chi connectivity index (χ4v) is 2.76. The van der Waals surface area contributed by atoms with Crippen molar-refractivity contribution in [2.45, 2.75) is 12.5 Å². The number of rotatable bonds is 7. The highest BCUT2D eigenvalue weighted by Crippen LogP contribution is 2.25. The maximum atomic E-state index is 12.7. The number of ether oxygens (including phenoxy) is 1. The van der Waals surface area contributed by atoms with Gasteiger partial charge in [0.2, 0.25) is 0 Å². The second-order valence-corrected chi connectivity index (χ2v) is 6.17. The summed E-state index contributed by atoms with van der Waals surface area (Å²) in [7, 11) is 0. The zero-order valence-electron chi connectivity index (χ0n) is 15.5. The average molecular weight is 392 g/mol. The minimum absolute atomic E-state index is 0.135. The molecular formula is C22H20N2O5. The van der Waals surface area contributed by atoms with Gasteiger partial charge in [0.25, 0.3) is 5.91 Å². The molecule has 1 aromatic heterocycles. The van der Waals surface area contributed by atoms with Crippen molar-refractivity contribution in [3.05, 3.63) is 95.9 Å². The van der Waals surface area contributed by atoms with Crippen LogP contribution in [0, 0.1) is 0 Å². The van der Waals surface area contributed by atoms with E-state index in [9.17, 15) is 14.4 Å². The van der Waals surface area contributed by atoms with Gasteiger partial charge in [-0.2, -0.15) is 0 Å². The first-order chi connectivity index (χ1) is 14.1. The van der Waals surface area contributed by atoms with Gasteiger partial charge in [-0.3, -0.25) is 14.9 Å². The smallest absolute Gasteiger partial charge is 0.321 e. The predicted molar refractivity (Wildman–Crippen MR) is 105 cm³/mol. The lowest BCUT2D eigenvalue weighted by Crippen LogP contribution is -2.41. The van der Waals surface area contributed by atoms with Crippen molar-refractivity contribution in [2.75, 3.05) is 6.61 Å². The molecule has 0 atom stereocenters. The van der Waals surface area contributed by atoms with Gasteiger partial charge < -0.3 is 14.5 Å². The Hall–Kier alpha value is -3.87. The van der Waals surface area contributed by atoms with Crippen molar-refractivity contribution in [3.63, 3.8) is 0 Å². The van der Waals surface area contributed by atoms with Gasteiger partial charge in [-0.05, 0) is 23.3 Å². The number of furan rings is 1. The molecule has 0 bridgehead atoms. The lowest BCUT2D eigenvalue weighted by atomic mass is 9.91. The molecule has 2 N–H and O–H groups in total. The minimum Gasteiger partial charge on any atom is -0.467 e. The molecule has 0 saturated heterocycles. The second-order valence-electron chi connectivity index (χ2n) is 6.17. The first-order valence-corrected chi connectivity index (χ1v) is 9.00. The summed E-state index contributed by atoms with van der Waals surface area (Å²) < 4.78 is 10.3. The standard InChI is InChI=1S/C22H20N2O5/c25-19(24-22(27)23-14-18-12-7-13-28-18)15-29-21(26)20(16-8-3-1-4-9-16)17-10-5-2-6-11-17/h1-13,20H,14-15H2,(H2,23,24,25,27). The Morgan fingerprint density at radius 3 is 2.03 bits per heavy atom. The summed E-state index contributed by atoms with van der Waals surface area (Å²) >= 11 is 0. The highest BCUT2D eigenvalue weighted by molar-refractivity contribution is 5.96. The molecular weight excluding hydrogens is 372 g/mol. The van der Waals surface area contributed by atoms with Gasteiger partial charge in [-0.25, -0.2) is 4.79 Å². The molecule has 7 nitrogen and oxygen atoms in total. The minimum atomic E-state index is -0.727. The topological polar surface area (TPSA) is 97.6 Å². The maximum Gasteiger partial charge on any atom is 0.321 e. The van der Waals surface area contributed by atoms with Crippen molar-refractivity contribution in [1.29, 1.82) is 0 Å². The van der Waals surface area contributed by atoms with E-state index in [2.05, 4.69) is 10.6 Å². The van der Waals surface area contributed by atoms with Crippen LogP contribution in [0.1, 0.15) is 22.8 Å². The van der Waals surface area contributed by atoms with Crippen LogP contribution in [-0.4, -0.2) is 24.5 Å². The van der Waals surface area contributed by atoms with E-state index in [-0.39, 0.29) is 6.54 Å². The Labute approximate surface area is 167 Å². The third kappa shape index (κ3) is 5.80. The number of carbonyl (C=O) groups excluding carboxylic acids is 3. The largest absolute Gasteiger partial charge is 0.467 e. The molecule has 0 aliphatic carbocycles. The molecule has 0 aliphatic heterocycles. The van der Waals surface area contributed by atoms with E-state index < -0.39 is 30.4 Å². The van der Waals surface area contributed by atoms with Gasteiger partial charge in [0, 0.05) is 0 Å². The molecule has 0 radical (unpaired) electrons. The lowest BCUT2D eigenvalue weighted by molar-refractivity contribution is -0.148. The fourth-order valence-electron chi connectivity index (χ4n) is 2.76. The quantitative estimate of drug-likeness (QED) is 0.603. The Bertz CT molecular complexity index is 900. The van der Waals surface area contributed by atoms with E-state index in [0.717, 1.165) is 11.1 Å². The van der Waals surface area contributed by atoms with E-state index in [1.807, 2.05) is 60.7 Å². The van der Waals surface area contributed by atoms with Gasteiger partial charge in [0.1, 0.15) is 11.7 Å². The summed E-state index contributed by atoms with van der Waals surface area (Å²) in [6.45, 7) is -0.431. The molecule has 1 heterocycles. The normalized spacial score (nSPS) is 10.4. The van der Waals surface area contributed by atoms with Crippen LogP contribution in [0.2, 0.25) is 0 Å². The summed E-state index contributed by atoms with van der Waals surface area (Å²) in [6, 6.07) is 21.0. The van der Waals surface area contributed by atoms with Crippen molar-refractivity contribution >= 4 is 17.9 Å². The monoisotopic (exact) mass is 392 g/mol. The van der Waals surface area contributed by atoms with Crippen LogP contribution in [-0.2, 0) is 20.9 Å². The first kappa shape index (κ1) is 19.9. The number of esters is 1. The lowest BCUT2D eigenvalue weighted by Gasteiger charge is -2.17. The van der Waals surface area contributed by atoms with Crippen LogP contribution < -0.4 is 10.6 Å². The van der Waals surface area contributed by atoms with E-state index in [1.165, 1.54) is 6.26 Å². The molecule has 148 valence electrons. The molecule has 2 aromatic carbocycles. The number of urea groups is 1. The Balaban J connectivity index is 1.55. The van der Waals surface area contributed by atoms with Crippen LogP contribution in [0.25, 0.3) is 0 Å². The maximum absolute atomic E-state index is 12.7. The molecule has 3 aromatic rings. The SMILES string of the molecule is O=C(COC(=O)C(c1ccccc1)c1ccccc1)NC(=O)NCc1ccco1. The summed E-state index contributed by atoms with van der Waals surface area (Å²) in [4.78, 5) is 36.4. The van der Waals surface area contributed by atoms with Gasteiger partial charge in [-0.1, -0.05) is 60.7 Å². The fraction of sp³-hybridized carbons (Fsp3) is 0.136. The number of amides is 3. The van der Waals surface area contributed by atoms with E-state index in [0.29, 0.717) is 5.76 Å². The van der Waals surface area contributed by atoms with Crippen molar-refractivity contribution in [3.8, 4) is 0 Å². The molecule has 0 aliphatic rings. The number of hydrogen-bond donors (Lipinski definition) is 2. The van der Waals surface area contributed by atoms with Gasteiger partial charge in [-0.15, -0.1) is 0 Å². The van der Waals surface area contributed by atoms with Crippen molar-refractivity contribution in [1.82, 2.24) is 10.6 Å². The third-order valence-electron chi connectivity index (χ3n) is 4.10. The Morgan fingerprint density at radius 1 is 0.862 bits per heavy atom. The molecule has 3 amide bonds. The second kappa shape index (κ2) is 9.89. The summed E-state index contributed by atoms with van der Waals surface area (Å²) in [5.74, 6) is -1.42. The number of imide groups is 1. The summed E-state index contributed by atoms with van der Waals surface area (Å²) in [6.07, 6.45) is 1.48. The number of hydrogen-bond acceptors (Lipinski definition) is 5. The Morgan fingerprint density at radius 2 is 1.48 bits per heavy atom. The molecule has 3 rings (SSSR count). The van der Waals surface area contributed by atoms with Crippen LogP contribution in [0.4, 0.5) is 4.79 Å². The van der Waals surface area contributed by atoms with Crippen LogP contribution >= 0.6 is 0 Å². The molecule has 7 heteroatoms. The zero-order chi connectivity index (χ0) is 20.5. The molecule has 0 fully saturated rings. The number of nitrogens with one attached hydrogen (secondary N) is 2. The highest BCUT2D eigenvalue weighted by atomic mass is 16.5. The van der Waals surface area contributed by atoms with Crippen LogP contribution in [0.15, 0.2) is 83.5 Å². The van der Waals surface area contributed by atoms with Gasteiger partial charge in [0.05, 0.1) is 12.8 Å². The van der Waals surface area contributed by atoms with Gasteiger partial charge in [0.15, 0.2) is 6.61 Å². The predicted octanol–water partition coefficient (Wildman–Crippen LogP) is 2.98. The van der Waals surface area contributed by atoms with Gasteiger partial charge >= 0.3 is 12.0 Å². The highest BCUT2D eigenvalue weighted by Gasteiger charge is 2.25. The summed E-state index contributed by atoms with van der Waals surface area (Å²) in [5.41, 5.74) is 1.50. The molecule has 0 spiro atoms. The van der Waals surface area contributed by atoms with Crippen molar-refractivity contribution in [2.24, 2.45) is 0 Å². The Kier molecular flexibility index (Phi) is 6.78. The average Bonchev–Trinajstić information content (AvgIpc) is 3.26. The van der Waals surface area contributed by atoms with Crippen LogP contribution in [0.5, 0.6) is 0 Å². The first-order valence-electron chi connectivity index (χ1n) is 9.00. The van der Waals surface area contributed by atoms with E-state index >= 15 is 0 Å². The zero-order valence-corrected chi connectivity index (χ0v) is 15.5. The molecule has 0 unspecified atom stereocenters. The number of benzene rings is 2. The third-order valence-corrected chi connectivity index (χ3v) is 4.10. The van der Waals surface area contributed by atoms with E-state index in [4.69, 9.17) is 9.15 Å². The molecule has 0 saturated carbocycles. The molecule has 29 heavy (non-hydrogen) atoms. The van der Waals surface area contributed by atoms with Crippen LogP contribution in [0.3, 0.4) is 0 Å². The summed E-state index contributed by atoms with van der Waals surface area (Å²) in [5, 5.41) is 4.58.